The van der Waals surface area contributed by atoms with E-state index in [1.807, 2.05) is 0 Å². The second-order valence-electron chi connectivity index (χ2n) is 3.94. The van der Waals surface area contributed by atoms with Crippen LogP contribution in [0.15, 0.2) is 0 Å². The molecule has 0 heterocycles. The van der Waals surface area contributed by atoms with Gasteiger partial charge >= 0.3 is 9.28 Å². The Hall–Kier alpha value is 0.137. The van der Waals surface area contributed by atoms with Crippen molar-refractivity contribution in [2.75, 3.05) is 0 Å². The van der Waals surface area contributed by atoms with Crippen LogP contribution >= 0.6 is 0 Å². The minimum atomic E-state index is -1.37. The summed E-state index contributed by atoms with van der Waals surface area (Å²) in [6.07, 6.45) is 3.09. The second-order valence-corrected chi connectivity index (χ2v) is 5.92. The van der Waals surface area contributed by atoms with E-state index in [1.54, 1.807) is 0 Å². The van der Waals surface area contributed by atoms with Crippen LogP contribution in [0.5, 0.6) is 0 Å². The molecule has 0 fully saturated rings. The predicted molar refractivity (Wildman–Crippen MR) is 59.3 cm³/mol. The molecule has 0 aromatic rings. The molecule has 0 aliphatic rings. The third kappa shape index (κ3) is 8.47. The van der Waals surface area contributed by atoms with Gasteiger partial charge in [0, 0.05) is 12.2 Å². The van der Waals surface area contributed by atoms with Gasteiger partial charge in [0.2, 0.25) is 0 Å². The molecule has 0 aliphatic carbocycles. The van der Waals surface area contributed by atoms with Crippen molar-refractivity contribution in [3.63, 3.8) is 0 Å². The summed E-state index contributed by atoms with van der Waals surface area (Å²) in [6, 6.07) is 1.15. The van der Waals surface area contributed by atoms with E-state index in [2.05, 4.69) is 34.6 Å². The molecule has 0 atom stereocenters. The van der Waals surface area contributed by atoms with Gasteiger partial charge in [0.1, 0.15) is 0 Å². The number of rotatable bonds is 7. The van der Waals surface area contributed by atoms with Gasteiger partial charge in [-0.2, -0.15) is 0 Å². The van der Waals surface area contributed by atoms with Gasteiger partial charge in [-0.3, -0.25) is 0 Å². The first-order valence-corrected chi connectivity index (χ1v) is 7.13. The van der Waals surface area contributed by atoms with Crippen molar-refractivity contribution in [1.29, 1.82) is 0 Å². The Morgan fingerprint density at radius 2 is 1.46 bits per heavy atom. The zero-order valence-corrected chi connectivity index (χ0v) is 10.8. The SMILES string of the molecule is CCCC[SiH](OC(C)C)OC(C)C. The molecular weight excluding hydrogens is 180 g/mol. The Kier molecular flexibility index (Phi) is 7.61. The van der Waals surface area contributed by atoms with E-state index in [-0.39, 0.29) is 0 Å². The largest absolute Gasteiger partial charge is 0.394 e. The summed E-state index contributed by atoms with van der Waals surface area (Å²) in [4.78, 5) is 0. The van der Waals surface area contributed by atoms with Gasteiger partial charge in [-0.05, 0) is 33.7 Å². The highest BCUT2D eigenvalue weighted by Crippen LogP contribution is 2.08. The number of hydrogen-bond acceptors (Lipinski definition) is 2. The Morgan fingerprint density at radius 3 is 1.77 bits per heavy atom. The van der Waals surface area contributed by atoms with Gasteiger partial charge in [0.15, 0.2) is 0 Å². The fourth-order valence-corrected chi connectivity index (χ4v) is 3.44. The van der Waals surface area contributed by atoms with Gasteiger partial charge < -0.3 is 8.85 Å². The summed E-state index contributed by atoms with van der Waals surface area (Å²) < 4.78 is 11.6. The Balaban J connectivity index is 3.73. The predicted octanol–water partition coefficient (Wildman–Crippen LogP) is 2.86. The number of hydrogen-bond donors (Lipinski definition) is 0. The molecule has 0 spiro atoms. The lowest BCUT2D eigenvalue weighted by Crippen LogP contribution is -2.29. The molecule has 0 saturated heterocycles. The van der Waals surface area contributed by atoms with Gasteiger partial charge in [-0.25, -0.2) is 0 Å². The van der Waals surface area contributed by atoms with Gasteiger partial charge in [-0.1, -0.05) is 19.8 Å². The molecule has 0 aromatic carbocycles. The van der Waals surface area contributed by atoms with E-state index < -0.39 is 9.28 Å². The summed E-state index contributed by atoms with van der Waals surface area (Å²) >= 11 is 0. The second kappa shape index (κ2) is 7.53. The molecule has 0 N–H and O–H groups in total. The Bertz CT molecular complexity index is 105. The monoisotopic (exact) mass is 204 g/mol. The van der Waals surface area contributed by atoms with Gasteiger partial charge in [0.25, 0.3) is 0 Å². The van der Waals surface area contributed by atoms with E-state index in [4.69, 9.17) is 8.85 Å². The summed E-state index contributed by atoms with van der Waals surface area (Å²) in [7, 11) is -1.37. The zero-order chi connectivity index (χ0) is 10.3. The maximum atomic E-state index is 5.78. The summed E-state index contributed by atoms with van der Waals surface area (Å²) in [5, 5.41) is 0. The Labute approximate surface area is 84.5 Å². The van der Waals surface area contributed by atoms with E-state index >= 15 is 0 Å². The Morgan fingerprint density at radius 1 is 1.00 bits per heavy atom. The van der Waals surface area contributed by atoms with Crippen molar-refractivity contribution in [2.45, 2.75) is 65.7 Å². The summed E-state index contributed by atoms with van der Waals surface area (Å²) in [5.41, 5.74) is 0. The lowest BCUT2D eigenvalue weighted by atomic mass is 10.4. The van der Waals surface area contributed by atoms with E-state index in [0.29, 0.717) is 12.2 Å². The van der Waals surface area contributed by atoms with Crippen LogP contribution in [0.25, 0.3) is 0 Å². The minimum Gasteiger partial charge on any atom is -0.394 e. The van der Waals surface area contributed by atoms with Crippen molar-refractivity contribution in [2.24, 2.45) is 0 Å². The van der Waals surface area contributed by atoms with E-state index in [0.717, 1.165) is 6.04 Å². The van der Waals surface area contributed by atoms with Crippen LogP contribution in [0.1, 0.15) is 47.5 Å². The van der Waals surface area contributed by atoms with Crippen LogP contribution in [0.3, 0.4) is 0 Å². The molecule has 0 rings (SSSR count). The quantitative estimate of drug-likeness (QED) is 0.594. The summed E-state index contributed by atoms with van der Waals surface area (Å²) in [6.45, 7) is 10.5. The van der Waals surface area contributed by atoms with Crippen molar-refractivity contribution < 1.29 is 8.85 Å². The van der Waals surface area contributed by atoms with Gasteiger partial charge in [0.05, 0.1) is 0 Å². The molecule has 0 radical (unpaired) electrons. The molecule has 0 aliphatic heterocycles. The third-order valence-electron chi connectivity index (χ3n) is 1.64. The number of unbranched alkanes of at least 4 members (excludes halogenated alkanes) is 1. The molecule has 80 valence electrons. The highest BCUT2D eigenvalue weighted by Gasteiger charge is 2.15. The maximum Gasteiger partial charge on any atom is 0.321 e. The van der Waals surface area contributed by atoms with Crippen molar-refractivity contribution in [1.82, 2.24) is 0 Å². The smallest absolute Gasteiger partial charge is 0.321 e. The third-order valence-corrected chi connectivity index (χ3v) is 4.22. The first-order chi connectivity index (χ1) is 6.06. The molecule has 3 heteroatoms. The average Bonchev–Trinajstić information content (AvgIpc) is 1.98. The van der Waals surface area contributed by atoms with Crippen LogP contribution in [0.4, 0.5) is 0 Å². The van der Waals surface area contributed by atoms with Crippen LogP contribution in [-0.4, -0.2) is 21.5 Å². The molecule has 2 nitrogen and oxygen atoms in total. The van der Waals surface area contributed by atoms with E-state index in [9.17, 15) is 0 Å². The molecule has 0 aromatic heterocycles. The van der Waals surface area contributed by atoms with Crippen molar-refractivity contribution in [3.05, 3.63) is 0 Å². The molecule has 0 saturated carbocycles. The lowest BCUT2D eigenvalue weighted by molar-refractivity contribution is 0.129. The highest BCUT2D eigenvalue weighted by atomic mass is 28.3. The molecule has 0 bridgehead atoms. The first kappa shape index (κ1) is 13.1. The first-order valence-electron chi connectivity index (χ1n) is 5.37. The van der Waals surface area contributed by atoms with Crippen molar-refractivity contribution >= 4 is 9.28 Å². The average molecular weight is 204 g/mol. The standard InChI is InChI=1S/C10H24O2Si/c1-6-7-8-13(11-9(2)3)12-10(4)5/h9-10,13H,6-8H2,1-5H3. The molecule has 13 heavy (non-hydrogen) atoms. The molecular formula is C10H24O2Si. The van der Waals surface area contributed by atoms with E-state index in [1.165, 1.54) is 12.8 Å². The molecule has 0 unspecified atom stereocenters. The van der Waals surface area contributed by atoms with Crippen LogP contribution in [0.2, 0.25) is 6.04 Å². The maximum absolute atomic E-state index is 5.78. The normalized spacial score (nSPS) is 12.0. The van der Waals surface area contributed by atoms with Gasteiger partial charge in [-0.15, -0.1) is 0 Å². The zero-order valence-electron chi connectivity index (χ0n) is 9.67. The topological polar surface area (TPSA) is 18.5 Å². The highest BCUT2D eigenvalue weighted by molar-refractivity contribution is 6.44. The van der Waals surface area contributed by atoms with Crippen LogP contribution < -0.4 is 0 Å². The fourth-order valence-electron chi connectivity index (χ4n) is 1.15. The van der Waals surface area contributed by atoms with Crippen LogP contribution in [-0.2, 0) is 8.85 Å². The van der Waals surface area contributed by atoms with Crippen molar-refractivity contribution in [3.8, 4) is 0 Å². The lowest BCUT2D eigenvalue weighted by Gasteiger charge is -2.21. The summed E-state index contributed by atoms with van der Waals surface area (Å²) in [5.74, 6) is 0. The van der Waals surface area contributed by atoms with Crippen LogP contribution in [0, 0.1) is 0 Å². The fraction of sp³-hybridized carbons (Fsp3) is 1.00. The molecule has 0 amide bonds. The minimum absolute atomic E-state index is 0.312.